The molecule has 0 atom stereocenters. The van der Waals surface area contributed by atoms with E-state index in [2.05, 4.69) is 27.3 Å². The van der Waals surface area contributed by atoms with Crippen LogP contribution in [0.4, 0.5) is 17.6 Å². The van der Waals surface area contributed by atoms with Gasteiger partial charge >= 0.3 is 0 Å². The molecule has 29 heavy (non-hydrogen) atoms. The Morgan fingerprint density at radius 1 is 0.897 bits per heavy atom. The van der Waals surface area contributed by atoms with E-state index in [1.165, 1.54) is 12.8 Å². The Balaban J connectivity index is 0.000000994. The van der Waals surface area contributed by atoms with Crippen LogP contribution in [0.25, 0.3) is 16.6 Å². The second-order valence-corrected chi connectivity index (χ2v) is 6.71. The number of anilines is 3. The standard InChI is InChI=1S/C21H20N6.CH4O/c1-2-8-16(9-3-1)27-14-19(22-15-27)24-20-17-10-4-5-11-18(17)23-21(25-20)26-12-6-7-13-26;1-2/h1-5,8-11,14-15H,6-7,12-13H2,(H,23,24,25);2H,1H3. The number of benzene rings is 2. The van der Waals surface area contributed by atoms with Gasteiger partial charge in [-0.05, 0) is 37.1 Å². The molecule has 2 aromatic carbocycles. The van der Waals surface area contributed by atoms with Gasteiger partial charge in [0.25, 0.3) is 0 Å². The van der Waals surface area contributed by atoms with Crippen LogP contribution in [-0.2, 0) is 0 Å². The predicted octanol–water partition coefficient (Wildman–Crippen LogP) is 3.77. The van der Waals surface area contributed by atoms with E-state index >= 15 is 0 Å². The first-order valence-electron chi connectivity index (χ1n) is 9.70. The number of nitrogens with zero attached hydrogens (tertiary/aromatic N) is 5. The maximum absolute atomic E-state index is 7.00. The largest absolute Gasteiger partial charge is 0.400 e. The summed E-state index contributed by atoms with van der Waals surface area (Å²) in [6.07, 6.45) is 6.17. The lowest BCUT2D eigenvalue weighted by molar-refractivity contribution is 0.399. The SMILES string of the molecule is CO.c1ccc(-n2cnc(Nc3nc(N4CCCC4)nc4ccccc34)c2)cc1. The minimum Gasteiger partial charge on any atom is -0.400 e. The van der Waals surface area contributed by atoms with Gasteiger partial charge in [-0.3, -0.25) is 0 Å². The van der Waals surface area contributed by atoms with Crippen molar-refractivity contribution in [3.05, 3.63) is 67.1 Å². The summed E-state index contributed by atoms with van der Waals surface area (Å²) < 4.78 is 1.99. The molecule has 0 unspecified atom stereocenters. The van der Waals surface area contributed by atoms with Crippen LogP contribution in [0.15, 0.2) is 67.1 Å². The van der Waals surface area contributed by atoms with Gasteiger partial charge in [-0.2, -0.15) is 4.98 Å². The number of para-hydroxylation sites is 2. The molecule has 2 aromatic heterocycles. The fourth-order valence-corrected chi connectivity index (χ4v) is 3.47. The molecule has 0 bridgehead atoms. The molecular formula is C22H24N6O. The van der Waals surface area contributed by atoms with Gasteiger partial charge < -0.3 is 19.9 Å². The highest BCUT2D eigenvalue weighted by atomic mass is 16.2. The normalized spacial score (nSPS) is 13.2. The number of aromatic nitrogens is 4. The maximum Gasteiger partial charge on any atom is 0.227 e. The molecule has 0 saturated carbocycles. The molecule has 1 aliphatic heterocycles. The predicted molar refractivity (Wildman–Crippen MR) is 116 cm³/mol. The van der Waals surface area contributed by atoms with Gasteiger partial charge in [0, 0.05) is 31.3 Å². The topological polar surface area (TPSA) is 79.1 Å². The molecule has 3 heterocycles. The first-order valence-corrected chi connectivity index (χ1v) is 9.70. The number of hydrogen-bond donors (Lipinski definition) is 2. The van der Waals surface area contributed by atoms with Crippen molar-refractivity contribution in [3.8, 4) is 5.69 Å². The van der Waals surface area contributed by atoms with Crippen molar-refractivity contribution in [1.82, 2.24) is 19.5 Å². The lowest BCUT2D eigenvalue weighted by atomic mass is 10.2. The molecular weight excluding hydrogens is 364 g/mol. The third-order valence-corrected chi connectivity index (χ3v) is 4.86. The van der Waals surface area contributed by atoms with Crippen LogP contribution >= 0.6 is 0 Å². The average molecular weight is 388 g/mol. The van der Waals surface area contributed by atoms with E-state index in [0.717, 1.165) is 54.4 Å². The lowest BCUT2D eigenvalue weighted by Crippen LogP contribution is -2.20. The van der Waals surface area contributed by atoms with E-state index < -0.39 is 0 Å². The van der Waals surface area contributed by atoms with Crippen LogP contribution in [0.5, 0.6) is 0 Å². The van der Waals surface area contributed by atoms with Crippen LogP contribution in [0.2, 0.25) is 0 Å². The highest BCUT2D eigenvalue weighted by Gasteiger charge is 2.17. The maximum atomic E-state index is 7.00. The minimum atomic E-state index is 0.759. The van der Waals surface area contributed by atoms with E-state index in [-0.39, 0.29) is 0 Å². The molecule has 0 spiro atoms. The van der Waals surface area contributed by atoms with Gasteiger partial charge in [0.1, 0.15) is 18.0 Å². The number of rotatable bonds is 4. The molecule has 7 nitrogen and oxygen atoms in total. The fraction of sp³-hybridized carbons (Fsp3) is 0.227. The number of fused-ring (bicyclic) bond motifs is 1. The van der Waals surface area contributed by atoms with Crippen LogP contribution in [0, 0.1) is 0 Å². The Kier molecular flexibility index (Phi) is 5.67. The molecule has 1 saturated heterocycles. The van der Waals surface area contributed by atoms with Gasteiger partial charge in [-0.15, -0.1) is 0 Å². The quantitative estimate of drug-likeness (QED) is 0.554. The zero-order valence-corrected chi connectivity index (χ0v) is 16.4. The molecule has 4 aromatic rings. The number of hydrogen-bond acceptors (Lipinski definition) is 6. The monoisotopic (exact) mass is 388 g/mol. The second kappa shape index (κ2) is 8.70. The van der Waals surface area contributed by atoms with Crippen molar-refractivity contribution in [2.45, 2.75) is 12.8 Å². The molecule has 5 rings (SSSR count). The highest BCUT2D eigenvalue weighted by Crippen LogP contribution is 2.27. The van der Waals surface area contributed by atoms with Crippen molar-refractivity contribution in [2.75, 3.05) is 30.4 Å². The summed E-state index contributed by atoms with van der Waals surface area (Å²) in [6.45, 7) is 2.03. The van der Waals surface area contributed by atoms with E-state index in [4.69, 9.17) is 15.1 Å². The number of aliphatic hydroxyl groups excluding tert-OH is 1. The summed E-state index contributed by atoms with van der Waals surface area (Å²) >= 11 is 0. The van der Waals surface area contributed by atoms with Crippen molar-refractivity contribution in [1.29, 1.82) is 0 Å². The number of aliphatic hydroxyl groups is 1. The minimum absolute atomic E-state index is 0.759. The zero-order chi connectivity index (χ0) is 20.1. The third kappa shape index (κ3) is 4.05. The van der Waals surface area contributed by atoms with Crippen molar-refractivity contribution in [3.63, 3.8) is 0 Å². The number of imidazole rings is 1. The smallest absolute Gasteiger partial charge is 0.227 e. The van der Waals surface area contributed by atoms with Crippen molar-refractivity contribution in [2.24, 2.45) is 0 Å². The fourth-order valence-electron chi connectivity index (χ4n) is 3.47. The summed E-state index contributed by atoms with van der Waals surface area (Å²) in [4.78, 5) is 16.3. The van der Waals surface area contributed by atoms with Gasteiger partial charge in [-0.1, -0.05) is 30.3 Å². The van der Waals surface area contributed by atoms with Crippen molar-refractivity contribution >= 4 is 28.5 Å². The Hall–Kier alpha value is -3.45. The van der Waals surface area contributed by atoms with E-state index in [9.17, 15) is 0 Å². The number of nitrogens with one attached hydrogen (secondary N) is 1. The van der Waals surface area contributed by atoms with Crippen LogP contribution in [0.3, 0.4) is 0 Å². The molecule has 0 amide bonds. The molecule has 0 radical (unpaired) electrons. The molecule has 148 valence electrons. The van der Waals surface area contributed by atoms with Crippen LogP contribution in [-0.4, -0.2) is 44.8 Å². The third-order valence-electron chi connectivity index (χ3n) is 4.86. The van der Waals surface area contributed by atoms with Gasteiger partial charge in [0.15, 0.2) is 0 Å². The molecule has 2 N–H and O–H groups in total. The molecule has 1 aliphatic rings. The Morgan fingerprint density at radius 3 is 2.41 bits per heavy atom. The first kappa shape index (κ1) is 18.9. The highest BCUT2D eigenvalue weighted by molar-refractivity contribution is 5.91. The van der Waals surface area contributed by atoms with Crippen LogP contribution in [0.1, 0.15) is 12.8 Å². The van der Waals surface area contributed by atoms with Crippen molar-refractivity contribution < 1.29 is 5.11 Å². The first-order chi connectivity index (χ1) is 14.4. The summed E-state index contributed by atoms with van der Waals surface area (Å²) in [5.74, 6) is 2.34. The van der Waals surface area contributed by atoms with E-state index in [0.29, 0.717) is 0 Å². The second-order valence-electron chi connectivity index (χ2n) is 6.71. The summed E-state index contributed by atoms with van der Waals surface area (Å²) in [5.41, 5.74) is 2.02. The van der Waals surface area contributed by atoms with E-state index in [1.54, 1.807) is 0 Å². The Labute approximate surface area is 169 Å². The van der Waals surface area contributed by atoms with Gasteiger partial charge in [0.05, 0.1) is 11.7 Å². The summed E-state index contributed by atoms with van der Waals surface area (Å²) in [7, 11) is 1.00. The summed E-state index contributed by atoms with van der Waals surface area (Å²) in [6, 6.07) is 18.2. The molecule has 1 fully saturated rings. The van der Waals surface area contributed by atoms with Crippen LogP contribution < -0.4 is 10.2 Å². The van der Waals surface area contributed by atoms with E-state index in [1.807, 2.05) is 59.6 Å². The van der Waals surface area contributed by atoms with Gasteiger partial charge in [0.2, 0.25) is 5.95 Å². The molecule has 0 aliphatic carbocycles. The molecule has 7 heteroatoms. The Morgan fingerprint density at radius 2 is 1.62 bits per heavy atom. The Bertz CT molecular complexity index is 1070. The average Bonchev–Trinajstić information content (AvgIpc) is 3.48. The summed E-state index contributed by atoms with van der Waals surface area (Å²) in [5, 5.41) is 11.4. The van der Waals surface area contributed by atoms with Gasteiger partial charge in [-0.25, -0.2) is 9.97 Å². The lowest BCUT2D eigenvalue weighted by Gasteiger charge is -2.17. The zero-order valence-electron chi connectivity index (χ0n) is 16.4.